The molecule has 0 fully saturated rings. The van der Waals surface area contributed by atoms with Gasteiger partial charge in [0.15, 0.2) is 5.76 Å². The number of thiophene rings is 1. The van der Waals surface area contributed by atoms with Crippen LogP contribution < -0.4 is 0 Å². The van der Waals surface area contributed by atoms with E-state index in [-0.39, 0.29) is 18.4 Å². The van der Waals surface area contributed by atoms with Crippen molar-refractivity contribution in [2.24, 2.45) is 0 Å². The number of nitrogens with zero attached hydrogens (tertiary/aromatic N) is 1. The Bertz CT molecular complexity index is 1050. The van der Waals surface area contributed by atoms with Gasteiger partial charge in [-0.15, -0.1) is 11.3 Å². The molecule has 1 amide bonds. The van der Waals surface area contributed by atoms with Crippen LogP contribution >= 0.6 is 11.3 Å². The summed E-state index contributed by atoms with van der Waals surface area (Å²) in [5.74, 6) is 0.197. The maximum absolute atomic E-state index is 12.6. The van der Waals surface area contributed by atoms with Gasteiger partial charge in [0.05, 0.1) is 13.2 Å². The highest BCUT2D eigenvalue weighted by Gasteiger charge is 2.30. The summed E-state index contributed by atoms with van der Waals surface area (Å²) in [5.41, 5.74) is 3.05. The van der Waals surface area contributed by atoms with Crippen molar-refractivity contribution in [3.63, 3.8) is 0 Å². The van der Waals surface area contributed by atoms with E-state index in [9.17, 15) is 9.90 Å². The molecule has 0 saturated carbocycles. The van der Waals surface area contributed by atoms with Crippen molar-refractivity contribution in [2.75, 3.05) is 14.1 Å². The number of carbonyl (C=O) groups excluding carboxylic acids is 1. The number of carbonyl (C=O) groups is 1. The summed E-state index contributed by atoms with van der Waals surface area (Å²) in [4.78, 5) is 14.1. The maximum Gasteiger partial charge on any atom is 0.288 e. The van der Waals surface area contributed by atoms with Crippen molar-refractivity contribution in [2.45, 2.75) is 31.8 Å². The van der Waals surface area contributed by atoms with E-state index in [0.29, 0.717) is 18.8 Å². The van der Waals surface area contributed by atoms with E-state index in [1.165, 1.54) is 20.5 Å². The molecule has 2 atom stereocenters. The van der Waals surface area contributed by atoms with E-state index >= 15 is 0 Å². The molecular formula is C24H25NO4S. The van der Waals surface area contributed by atoms with Crippen LogP contribution in [0.25, 0.3) is 10.1 Å². The molecule has 4 rings (SSSR count). The Hall–Kier alpha value is -2.67. The van der Waals surface area contributed by atoms with E-state index in [2.05, 4.69) is 17.5 Å². The van der Waals surface area contributed by atoms with Gasteiger partial charge in [0, 0.05) is 31.1 Å². The van der Waals surface area contributed by atoms with Gasteiger partial charge in [0.1, 0.15) is 0 Å². The Morgan fingerprint density at radius 1 is 1.17 bits per heavy atom. The minimum Gasteiger partial charge on any atom is -0.459 e. The third-order valence-electron chi connectivity index (χ3n) is 5.23. The van der Waals surface area contributed by atoms with Crippen molar-refractivity contribution in [1.29, 1.82) is 0 Å². The van der Waals surface area contributed by atoms with E-state index in [1.807, 2.05) is 42.5 Å². The van der Waals surface area contributed by atoms with Crippen LogP contribution in [0.4, 0.5) is 0 Å². The largest absolute Gasteiger partial charge is 0.459 e. The van der Waals surface area contributed by atoms with Crippen LogP contribution in [0, 0.1) is 0 Å². The highest BCUT2D eigenvalue weighted by molar-refractivity contribution is 7.17. The quantitative estimate of drug-likeness (QED) is 0.638. The number of hydrogen-bond donors (Lipinski definition) is 1. The van der Waals surface area contributed by atoms with Gasteiger partial charge in [0.25, 0.3) is 5.91 Å². The topological polar surface area (TPSA) is 59.0 Å². The second kappa shape index (κ2) is 9.00. The molecule has 0 saturated heterocycles. The Balaban J connectivity index is 1.56. The van der Waals surface area contributed by atoms with Gasteiger partial charge >= 0.3 is 0 Å². The Kier molecular flexibility index (Phi) is 6.18. The zero-order chi connectivity index (χ0) is 21.1. The number of hydrogen-bond acceptors (Lipinski definition) is 5. The lowest BCUT2D eigenvalue weighted by molar-refractivity contribution is -0.154. The number of ether oxygens (including phenoxy) is 2. The van der Waals surface area contributed by atoms with Crippen molar-refractivity contribution in [3.05, 3.63) is 82.4 Å². The Labute approximate surface area is 180 Å². The lowest BCUT2D eigenvalue weighted by atomic mass is 9.92. The molecule has 0 radical (unpaired) electrons. The predicted octanol–water partition coefficient (Wildman–Crippen LogP) is 4.41. The molecule has 156 valence electrons. The molecule has 2 aromatic carbocycles. The van der Waals surface area contributed by atoms with Crippen LogP contribution in [0.15, 0.2) is 65.7 Å². The SMILES string of the molecule is CN(C)C(=O)C1=C[C@H](c2csc3ccccc23)C[C@H](OCc2ccc(CO)cc2)O1. The number of aliphatic hydroxyl groups excluding tert-OH is 1. The third kappa shape index (κ3) is 4.41. The minimum absolute atomic E-state index is 0.0178. The van der Waals surface area contributed by atoms with Crippen LogP contribution in [0.2, 0.25) is 0 Å². The molecule has 1 aliphatic rings. The van der Waals surface area contributed by atoms with Crippen LogP contribution in [0.3, 0.4) is 0 Å². The van der Waals surface area contributed by atoms with Gasteiger partial charge in [-0.1, -0.05) is 42.5 Å². The minimum atomic E-state index is -0.518. The lowest BCUT2D eigenvalue weighted by Gasteiger charge is -2.30. The van der Waals surface area contributed by atoms with Crippen molar-refractivity contribution in [1.82, 2.24) is 4.90 Å². The number of fused-ring (bicyclic) bond motifs is 1. The Morgan fingerprint density at radius 3 is 2.63 bits per heavy atom. The van der Waals surface area contributed by atoms with Crippen LogP contribution in [-0.2, 0) is 27.5 Å². The number of allylic oxidation sites excluding steroid dienone is 1. The zero-order valence-corrected chi connectivity index (χ0v) is 17.9. The van der Waals surface area contributed by atoms with E-state index < -0.39 is 6.29 Å². The Morgan fingerprint density at radius 2 is 1.90 bits per heavy atom. The van der Waals surface area contributed by atoms with Gasteiger partial charge in [-0.05, 0) is 39.6 Å². The summed E-state index contributed by atoms with van der Waals surface area (Å²) in [6, 6.07) is 15.9. The van der Waals surface area contributed by atoms with E-state index in [4.69, 9.17) is 9.47 Å². The van der Waals surface area contributed by atoms with Crippen molar-refractivity contribution < 1.29 is 19.4 Å². The number of amides is 1. The summed E-state index contributed by atoms with van der Waals surface area (Å²) in [5, 5.41) is 12.6. The van der Waals surface area contributed by atoms with Crippen LogP contribution in [0.1, 0.15) is 29.0 Å². The first-order valence-corrected chi connectivity index (χ1v) is 10.8. The van der Waals surface area contributed by atoms with Gasteiger partial charge in [-0.3, -0.25) is 4.79 Å². The fourth-order valence-corrected chi connectivity index (χ4v) is 4.59. The molecule has 0 unspecified atom stereocenters. The fourth-order valence-electron chi connectivity index (χ4n) is 3.56. The first-order chi connectivity index (χ1) is 14.5. The second-order valence-corrected chi connectivity index (χ2v) is 8.50. The predicted molar refractivity (Wildman–Crippen MR) is 118 cm³/mol. The first-order valence-electron chi connectivity index (χ1n) is 9.91. The zero-order valence-electron chi connectivity index (χ0n) is 17.1. The molecule has 0 spiro atoms. The number of rotatable bonds is 6. The highest BCUT2D eigenvalue weighted by Crippen LogP contribution is 2.38. The summed E-state index contributed by atoms with van der Waals surface area (Å²) in [6.45, 7) is 0.390. The molecule has 0 bridgehead atoms. The summed E-state index contributed by atoms with van der Waals surface area (Å²) >= 11 is 1.71. The molecule has 3 aromatic rings. The number of aliphatic hydroxyl groups is 1. The second-order valence-electron chi connectivity index (χ2n) is 7.59. The van der Waals surface area contributed by atoms with Gasteiger partial charge in [-0.2, -0.15) is 0 Å². The molecule has 1 N–H and O–H groups in total. The van der Waals surface area contributed by atoms with Gasteiger partial charge < -0.3 is 19.5 Å². The van der Waals surface area contributed by atoms with Crippen LogP contribution in [0.5, 0.6) is 0 Å². The molecule has 0 aliphatic carbocycles. The molecule has 5 nitrogen and oxygen atoms in total. The smallest absolute Gasteiger partial charge is 0.288 e. The summed E-state index contributed by atoms with van der Waals surface area (Å²) < 4.78 is 13.2. The van der Waals surface area contributed by atoms with Gasteiger partial charge in [-0.25, -0.2) is 0 Å². The van der Waals surface area contributed by atoms with Crippen molar-refractivity contribution in [3.8, 4) is 0 Å². The average Bonchev–Trinajstić information content (AvgIpc) is 3.21. The number of likely N-dealkylation sites (N-methyl/N-ethyl adjacent to an activating group) is 1. The standard InChI is InChI=1S/C24H25NO4S/c1-25(2)24(27)21-11-18(20-15-30-22-6-4-3-5-19(20)22)12-23(29-21)28-14-17-9-7-16(13-26)8-10-17/h3-11,15,18,23,26H,12-14H2,1-2H3/t18-,23+/m0/s1. The average molecular weight is 424 g/mol. The number of benzene rings is 2. The highest BCUT2D eigenvalue weighted by atomic mass is 32.1. The first kappa shape index (κ1) is 20.6. The molecule has 1 aromatic heterocycles. The van der Waals surface area contributed by atoms with E-state index in [1.54, 1.807) is 25.4 Å². The normalized spacial score (nSPS) is 18.7. The third-order valence-corrected chi connectivity index (χ3v) is 6.21. The summed E-state index contributed by atoms with van der Waals surface area (Å²) in [6.07, 6.45) is 2.04. The monoisotopic (exact) mass is 423 g/mol. The van der Waals surface area contributed by atoms with Crippen molar-refractivity contribution >= 4 is 27.3 Å². The molecule has 6 heteroatoms. The molecule has 2 heterocycles. The van der Waals surface area contributed by atoms with E-state index in [0.717, 1.165) is 11.1 Å². The maximum atomic E-state index is 12.6. The fraction of sp³-hybridized carbons (Fsp3) is 0.292. The molecule has 1 aliphatic heterocycles. The summed E-state index contributed by atoms with van der Waals surface area (Å²) in [7, 11) is 3.43. The molecular weight excluding hydrogens is 398 g/mol. The molecule has 30 heavy (non-hydrogen) atoms. The lowest BCUT2D eigenvalue weighted by Crippen LogP contribution is -2.32. The van der Waals surface area contributed by atoms with Crippen LogP contribution in [-0.4, -0.2) is 36.3 Å². The van der Waals surface area contributed by atoms with Gasteiger partial charge in [0.2, 0.25) is 6.29 Å².